The van der Waals surface area contributed by atoms with Gasteiger partial charge in [-0.2, -0.15) is 0 Å². The van der Waals surface area contributed by atoms with Crippen LogP contribution in [0.1, 0.15) is 25.3 Å². The molecule has 8 nitrogen and oxygen atoms in total. The zero-order valence-corrected chi connectivity index (χ0v) is 15.9. The van der Waals surface area contributed by atoms with Crippen molar-refractivity contribution in [3.63, 3.8) is 0 Å². The molecular formula is C19H26N4O4. The van der Waals surface area contributed by atoms with Gasteiger partial charge in [0.25, 0.3) is 5.91 Å². The predicted molar refractivity (Wildman–Crippen MR) is 99.3 cm³/mol. The minimum Gasteiger partial charge on any atom is -0.497 e. The smallest absolute Gasteiger partial charge is 0.325 e. The zero-order valence-electron chi connectivity index (χ0n) is 15.9. The highest BCUT2D eigenvalue weighted by atomic mass is 16.5. The number of amides is 4. The van der Waals surface area contributed by atoms with Gasteiger partial charge in [-0.05, 0) is 50.6 Å². The van der Waals surface area contributed by atoms with Crippen molar-refractivity contribution >= 4 is 17.8 Å². The van der Waals surface area contributed by atoms with Crippen LogP contribution in [0.5, 0.6) is 5.75 Å². The molecule has 2 saturated heterocycles. The standard InChI is InChI=1S/C19H26N4O4/c1-19(13-4-6-15(27-3)7-5-13)17(25)23(18(26)21-19)12-16(24)22(2)14-8-10-20-11-9-14/h4-7,14,20H,8-12H2,1-3H3,(H,21,26). The van der Waals surface area contributed by atoms with Crippen LogP contribution in [0.2, 0.25) is 0 Å². The molecule has 3 rings (SSSR count). The summed E-state index contributed by atoms with van der Waals surface area (Å²) < 4.78 is 5.13. The van der Waals surface area contributed by atoms with Gasteiger partial charge in [0.15, 0.2) is 0 Å². The second-order valence-electron chi connectivity index (χ2n) is 7.16. The Morgan fingerprint density at radius 1 is 1.26 bits per heavy atom. The molecule has 2 N–H and O–H groups in total. The number of ether oxygens (including phenoxy) is 1. The topological polar surface area (TPSA) is 91.0 Å². The number of benzene rings is 1. The van der Waals surface area contributed by atoms with Crippen molar-refractivity contribution in [2.75, 3.05) is 33.8 Å². The van der Waals surface area contributed by atoms with Gasteiger partial charge in [0.05, 0.1) is 7.11 Å². The first kappa shape index (κ1) is 19.2. The molecule has 0 saturated carbocycles. The zero-order chi connectivity index (χ0) is 19.6. The second kappa shape index (κ2) is 7.56. The summed E-state index contributed by atoms with van der Waals surface area (Å²) in [4.78, 5) is 40.7. The van der Waals surface area contributed by atoms with Crippen LogP contribution < -0.4 is 15.4 Å². The van der Waals surface area contributed by atoms with E-state index in [0.29, 0.717) is 11.3 Å². The average molecular weight is 374 g/mol. The number of imide groups is 1. The van der Waals surface area contributed by atoms with Gasteiger partial charge < -0.3 is 20.3 Å². The van der Waals surface area contributed by atoms with Gasteiger partial charge in [0.2, 0.25) is 5.91 Å². The molecule has 27 heavy (non-hydrogen) atoms. The summed E-state index contributed by atoms with van der Waals surface area (Å²) in [7, 11) is 3.30. The van der Waals surface area contributed by atoms with Crippen molar-refractivity contribution in [2.24, 2.45) is 0 Å². The van der Waals surface area contributed by atoms with Crippen molar-refractivity contribution in [2.45, 2.75) is 31.3 Å². The number of nitrogens with zero attached hydrogens (tertiary/aromatic N) is 2. The molecule has 0 aromatic heterocycles. The molecule has 146 valence electrons. The Hall–Kier alpha value is -2.61. The molecule has 2 heterocycles. The lowest BCUT2D eigenvalue weighted by molar-refractivity contribution is -0.139. The van der Waals surface area contributed by atoms with Gasteiger partial charge in [-0.15, -0.1) is 0 Å². The third-order valence-corrected chi connectivity index (χ3v) is 5.49. The maximum atomic E-state index is 13.0. The van der Waals surface area contributed by atoms with E-state index in [0.717, 1.165) is 30.8 Å². The maximum absolute atomic E-state index is 13.0. The summed E-state index contributed by atoms with van der Waals surface area (Å²) in [6.07, 6.45) is 1.73. The first-order chi connectivity index (χ1) is 12.9. The number of rotatable bonds is 5. The third-order valence-electron chi connectivity index (χ3n) is 5.49. The molecule has 0 radical (unpaired) electrons. The van der Waals surface area contributed by atoms with Crippen LogP contribution in [0.3, 0.4) is 0 Å². The van der Waals surface area contributed by atoms with Crippen molar-refractivity contribution in [3.05, 3.63) is 29.8 Å². The largest absolute Gasteiger partial charge is 0.497 e. The quantitative estimate of drug-likeness (QED) is 0.740. The molecule has 0 bridgehead atoms. The molecular weight excluding hydrogens is 348 g/mol. The highest BCUT2D eigenvalue weighted by Gasteiger charge is 2.49. The molecule has 8 heteroatoms. The lowest BCUT2D eigenvalue weighted by atomic mass is 9.92. The Kier molecular flexibility index (Phi) is 5.36. The molecule has 1 aromatic rings. The molecule has 2 fully saturated rings. The van der Waals surface area contributed by atoms with E-state index in [4.69, 9.17) is 4.74 Å². The average Bonchev–Trinajstić information content (AvgIpc) is 2.92. The van der Waals surface area contributed by atoms with E-state index in [9.17, 15) is 14.4 Å². The van der Waals surface area contributed by atoms with Gasteiger partial charge in [0, 0.05) is 13.1 Å². The van der Waals surface area contributed by atoms with Crippen molar-refractivity contribution in [1.29, 1.82) is 0 Å². The summed E-state index contributed by atoms with van der Waals surface area (Å²) in [5, 5.41) is 5.98. The Labute approximate surface area is 158 Å². The Balaban J connectivity index is 1.72. The number of nitrogens with one attached hydrogen (secondary N) is 2. The van der Waals surface area contributed by atoms with E-state index in [-0.39, 0.29) is 18.5 Å². The number of methoxy groups -OCH3 is 1. The minimum atomic E-state index is -1.20. The molecule has 4 amide bonds. The molecule has 0 aliphatic carbocycles. The Morgan fingerprint density at radius 3 is 2.48 bits per heavy atom. The van der Waals surface area contributed by atoms with Gasteiger partial charge in [-0.1, -0.05) is 12.1 Å². The summed E-state index contributed by atoms with van der Waals surface area (Å²) >= 11 is 0. The highest BCUT2D eigenvalue weighted by molar-refractivity contribution is 6.09. The lowest BCUT2D eigenvalue weighted by Gasteiger charge is -2.32. The van der Waals surface area contributed by atoms with E-state index in [1.807, 2.05) is 0 Å². The summed E-state index contributed by atoms with van der Waals surface area (Å²) in [6, 6.07) is 6.53. The molecule has 0 spiro atoms. The third kappa shape index (κ3) is 3.62. The van der Waals surface area contributed by atoms with Crippen LogP contribution in [0.4, 0.5) is 4.79 Å². The maximum Gasteiger partial charge on any atom is 0.325 e. The Bertz CT molecular complexity index is 730. The second-order valence-corrected chi connectivity index (χ2v) is 7.16. The van der Waals surface area contributed by atoms with Crippen LogP contribution in [0.25, 0.3) is 0 Å². The van der Waals surface area contributed by atoms with Crippen molar-refractivity contribution < 1.29 is 19.1 Å². The number of hydrogen-bond donors (Lipinski definition) is 2. The summed E-state index contributed by atoms with van der Waals surface area (Å²) in [5.41, 5.74) is -0.556. The van der Waals surface area contributed by atoms with E-state index in [1.54, 1.807) is 50.2 Å². The fourth-order valence-electron chi connectivity index (χ4n) is 3.60. The number of hydrogen-bond acceptors (Lipinski definition) is 5. The monoisotopic (exact) mass is 374 g/mol. The van der Waals surface area contributed by atoms with Gasteiger partial charge in [-0.3, -0.25) is 14.5 Å². The molecule has 1 unspecified atom stereocenters. The number of carbonyl (C=O) groups excluding carboxylic acids is 3. The fourth-order valence-corrected chi connectivity index (χ4v) is 3.60. The summed E-state index contributed by atoms with van der Waals surface area (Å²) in [6.45, 7) is 3.12. The molecule has 1 aromatic carbocycles. The minimum absolute atomic E-state index is 0.132. The van der Waals surface area contributed by atoms with Crippen LogP contribution in [0.15, 0.2) is 24.3 Å². The van der Waals surface area contributed by atoms with Crippen LogP contribution in [0, 0.1) is 0 Å². The van der Waals surface area contributed by atoms with E-state index in [2.05, 4.69) is 10.6 Å². The first-order valence-electron chi connectivity index (χ1n) is 9.12. The van der Waals surface area contributed by atoms with Crippen molar-refractivity contribution in [3.8, 4) is 5.75 Å². The number of urea groups is 1. The van der Waals surface area contributed by atoms with Crippen molar-refractivity contribution in [1.82, 2.24) is 20.4 Å². The van der Waals surface area contributed by atoms with Crippen LogP contribution in [-0.2, 0) is 15.1 Å². The summed E-state index contributed by atoms with van der Waals surface area (Å²) in [5.74, 6) is 0.00358. The SMILES string of the molecule is COc1ccc(C2(C)NC(=O)N(CC(=O)N(C)C3CCNCC3)C2=O)cc1. The van der Waals surface area contributed by atoms with Gasteiger partial charge in [0.1, 0.15) is 17.8 Å². The molecule has 1 atom stereocenters. The van der Waals surface area contributed by atoms with Crippen LogP contribution in [-0.4, -0.2) is 67.5 Å². The predicted octanol–water partition coefficient (Wildman–Crippen LogP) is 0.673. The lowest BCUT2D eigenvalue weighted by Crippen LogP contribution is -2.48. The molecule has 2 aliphatic rings. The normalized spacial score (nSPS) is 23.3. The highest BCUT2D eigenvalue weighted by Crippen LogP contribution is 2.30. The number of carbonyl (C=O) groups is 3. The van der Waals surface area contributed by atoms with E-state index in [1.165, 1.54) is 0 Å². The van der Waals surface area contributed by atoms with Crippen LogP contribution >= 0.6 is 0 Å². The molecule has 2 aliphatic heterocycles. The first-order valence-corrected chi connectivity index (χ1v) is 9.12. The Morgan fingerprint density at radius 2 is 1.89 bits per heavy atom. The fraction of sp³-hybridized carbons (Fsp3) is 0.526. The van der Waals surface area contributed by atoms with Gasteiger partial charge >= 0.3 is 6.03 Å². The van der Waals surface area contributed by atoms with E-state index >= 15 is 0 Å². The van der Waals surface area contributed by atoms with E-state index < -0.39 is 17.5 Å². The van der Waals surface area contributed by atoms with Gasteiger partial charge in [-0.25, -0.2) is 4.79 Å². The number of piperidine rings is 1. The number of likely N-dealkylation sites (N-methyl/N-ethyl adjacent to an activating group) is 1.